The molecule has 5 nitrogen and oxygen atoms in total. The summed E-state index contributed by atoms with van der Waals surface area (Å²) in [6.07, 6.45) is 0. The lowest BCUT2D eigenvalue weighted by Crippen LogP contribution is -2.02. The SMILES string of the molecule is F[B-](F)(F)F.N#[N+]c1ccccc1-c1ccccc1[N+](=O)[O-]. The van der Waals surface area contributed by atoms with Crippen LogP contribution in [-0.4, -0.2) is 12.2 Å². The maximum atomic E-state index is 10.9. The molecule has 0 aromatic heterocycles. The van der Waals surface area contributed by atoms with Crippen molar-refractivity contribution in [3.05, 3.63) is 63.6 Å². The molecule has 0 bridgehead atoms. The molecule has 0 amide bonds. The lowest BCUT2D eigenvalue weighted by molar-refractivity contribution is -0.384. The fourth-order valence-electron chi connectivity index (χ4n) is 1.65. The van der Waals surface area contributed by atoms with Crippen LogP contribution in [0.1, 0.15) is 0 Å². The first-order chi connectivity index (χ1) is 10.2. The second-order valence-electron chi connectivity index (χ2n) is 3.89. The standard InChI is InChI=1S/C12H8N3O2.BF4/c13-14-11-7-3-1-5-9(11)10-6-2-4-8-12(10)15(16)17;2-1(3,4)5/h1-8H;/q+1;-1. The Morgan fingerprint density at radius 2 is 1.41 bits per heavy atom. The van der Waals surface area contributed by atoms with E-state index in [1.165, 1.54) is 6.07 Å². The van der Waals surface area contributed by atoms with Gasteiger partial charge < -0.3 is 17.3 Å². The Morgan fingerprint density at radius 3 is 1.91 bits per heavy atom. The van der Waals surface area contributed by atoms with Crippen molar-refractivity contribution in [2.45, 2.75) is 0 Å². The maximum absolute atomic E-state index is 10.9. The second-order valence-corrected chi connectivity index (χ2v) is 3.89. The van der Waals surface area contributed by atoms with E-state index in [1.807, 2.05) is 0 Å². The fraction of sp³-hybridized carbons (Fsp3) is 0. The molecular formula is C12H8BF4N3O2. The lowest BCUT2D eigenvalue weighted by atomic mass is 10.0. The van der Waals surface area contributed by atoms with Crippen molar-refractivity contribution >= 4 is 18.6 Å². The minimum absolute atomic E-state index is 0.0106. The summed E-state index contributed by atoms with van der Waals surface area (Å²) in [6, 6.07) is 13.1. The van der Waals surface area contributed by atoms with E-state index in [9.17, 15) is 27.4 Å². The highest BCUT2D eigenvalue weighted by molar-refractivity contribution is 6.50. The smallest absolute Gasteiger partial charge is 0.418 e. The zero-order valence-electron chi connectivity index (χ0n) is 10.9. The van der Waals surface area contributed by atoms with Crippen LogP contribution in [0.25, 0.3) is 16.1 Å². The molecule has 2 aromatic carbocycles. The maximum Gasteiger partial charge on any atom is 0.673 e. The van der Waals surface area contributed by atoms with Gasteiger partial charge in [0.25, 0.3) is 5.69 Å². The van der Waals surface area contributed by atoms with E-state index in [2.05, 4.69) is 4.98 Å². The molecule has 0 aliphatic rings. The van der Waals surface area contributed by atoms with Crippen molar-refractivity contribution in [1.29, 1.82) is 5.39 Å². The molecule has 0 saturated heterocycles. The minimum Gasteiger partial charge on any atom is -0.418 e. The van der Waals surface area contributed by atoms with E-state index in [0.29, 0.717) is 16.8 Å². The molecule has 0 aliphatic carbocycles. The molecule has 0 spiro atoms. The third-order valence-corrected chi connectivity index (χ3v) is 2.40. The van der Waals surface area contributed by atoms with Crippen LogP contribution in [-0.2, 0) is 0 Å². The Kier molecular flexibility index (Phi) is 5.57. The molecule has 2 rings (SSSR count). The molecule has 22 heavy (non-hydrogen) atoms. The van der Waals surface area contributed by atoms with Crippen LogP contribution in [0.5, 0.6) is 0 Å². The average Bonchev–Trinajstić information content (AvgIpc) is 2.45. The first-order valence-electron chi connectivity index (χ1n) is 5.79. The van der Waals surface area contributed by atoms with Crippen LogP contribution >= 0.6 is 0 Å². The minimum atomic E-state index is -6.00. The summed E-state index contributed by atoms with van der Waals surface area (Å²) >= 11 is 0. The zero-order valence-corrected chi connectivity index (χ0v) is 10.9. The highest BCUT2D eigenvalue weighted by atomic mass is 19.5. The van der Waals surface area contributed by atoms with E-state index in [0.717, 1.165) is 0 Å². The molecule has 10 heteroatoms. The molecule has 0 N–H and O–H groups in total. The number of nitro benzene ring substituents is 1. The van der Waals surface area contributed by atoms with Gasteiger partial charge in [-0.15, -0.1) is 0 Å². The second kappa shape index (κ2) is 7.17. The van der Waals surface area contributed by atoms with Gasteiger partial charge in [0.15, 0.2) is 4.98 Å². The van der Waals surface area contributed by atoms with Gasteiger partial charge in [0, 0.05) is 12.1 Å². The summed E-state index contributed by atoms with van der Waals surface area (Å²) < 4.78 is 39.0. The molecule has 0 unspecified atom stereocenters. The molecule has 0 heterocycles. The van der Waals surface area contributed by atoms with E-state index >= 15 is 0 Å². The molecule has 0 aliphatic heterocycles. The fourth-order valence-corrected chi connectivity index (χ4v) is 1.65. The third-order valence-electron chi connectivity index (χ3n) is 2.40. The van der Waals surface area contributed by atoms with Crippen LogP contribution in [0.4, 0.5) is 28.6 Å². The quantitative estimate of drug-likeness (QED) is 0.256. The highest BCUT2D eigenvalue weighted by Gasteiger charge is 2.22. The Hall–Kier alpha value is -2.96. The van der Waals surface area contributed by atoms with Gasteiger partial charge in [-0.2, -0.15) is 0 Å². The molecule has 0 fully saturated rings. The number of hydrogen-bond donors (Lipinski definition) is 0. The number of benzene rings is 2. The van der Waals surface area contributed by atoms with Crippen molar-refractivity contribution in [3.63, 3.8) is 0 Å². The van der Waals surface area contributed by atoms with Gasteiger partial charge in [-0.05, 0) is 12.1 Å². The van der Waals surface area contributed by atoms with Crippen molar-refractivity contribution < 1.29 is 22.2 Å². The van der Waals surface area contributed by atoms with Gasteiger partial charge in [0.1, 0.15) is 0 Å². The summed E-state index contributed by atoms with van der Waals surface area (Å²) in [7, 11) is -6.00. The monoisotopic (exact) mass is 313 g/mol. The molecule has 2 aromatic rings. The van der Waals surface area contributed by atoms with Gasteiger partial charge in [0.2, 0.25) is 5.39 Å². The van der Waals surface area contributed by atoms with E-state index in [4.69, 9.17) is 5.39 Å². The Labute approximate surface area is 122 Å². The Bertz CT molecular complexity index is 710. The van der Waals surface area contributed by atoms with E-state index in [-0.39, 0.29) is 5.69 Å². The third kappa shape index (κ3) is 5.20. The molecule has 0 atom stereocenters. The normalized spacial score (nSPS) is 10.1. The zero-order chi connectivity index (χ0) is 16.8. The number of hydrogen-bond acceptors (Lipinski definition) is 3. The van der Waals surface area contributed by atoms with Gasteiger partial charge in [0.05, 0.1) is 16.1 Å². The van der Waals surface area contributed by atoms with Gasteiger partial charge in [-0.1, -0.05) is 24.3 Å². The summed E-state index contributed by atoms with van der Waals surface area (Å²) in [6.45, 7) is 0. The number of halogens is 4. The first-order valence-corrected chi connectivity index (χ1v) is 5.79. The van der Waals surface area contributed by atoms with Gasteiger partial charge in [-0.25, -0.2) is 0 Å². The number of rotatable bonds is 2. The van der Waals surface area contributed by atoms with Crippen LogP contribution in [0.2, 0.25) is 0 Å². The van der Waals surface area contributed by atoms with Crippen molar-refractivity contribution in [2.24, 2.45) is 0 Å². The molecule has 0 radical (unpaired) electrons. The predicted molar refractivity (Wildman–Crippen MR) is 73.5 cm³/mol. The highest BCUT2D eigenvalue weighted by Crippen LogP contribution is 2.35. The van der Waals surface area contributed by atoms with Gasteiger partial charge in [-0.3, -0.25) is 10.1 Å². The van der Waals surface area contributed by atoms with Crippen LogP contribution in [0.3, 0.4) is 0 Å². The number of para-hydroxylation sites is 1. The summed E-state index contributed by atoms with van der Waals surface area (Å²) in [5.74, 6) is 0. The largest absolute Gasteiger partial charge is 0.673 e. The number of nitrogens with zero attached hydrogens (tertiary/aromatic N) is 3. The Morgan fingerprint density at radius 1 is 0.955 bits per heavy atom. The summed E-state index contributed by atoms with van der Waals surface area (Å²) in [5, 5.41) is 19.8. The molecular weight excluding hydrogens is 305 g/mol. The predicted octanol–water partition coefficient (Wildman–Crippen LogP) is 5.05. The van der Waals surface area contributed by atoms with E-state index in [1.54, 1.807) is 42.5 Å². The number of nitro groups is 1. The Balaban J connectivity index is 0.000000422. The van der Waals surface area contributed by atoms with Crippen LogP contribution in [0, 0.1) is 15.5 Å². The first kappa shape index (κ1) is 17.1. The number of diazo groups is 1. The van der Waals surface area contributed by atoms with Crippen molar-refractivity contribution in [3.8, 4) is 11.1 Å². The van der Waals surface area contributed by atoms with Crippen LogP contribution in [0.15, 0.2) is 48.5 Å². The van der Waals surface area contributed by atoms with Crippen molar-refractivity contribution in [2.75, 3.05) is 0 Å². The summed E-state index contributed by atoms with van der Waals surface area (Å²) in [5.41, 5.74) is 1.26. The summed E-state index contributed by atoms with van der Waals surface area (Å²) in [4.78, 5) is 13.6. The molecule has 114 valence electrons. The van der Waals surface area contributed by atoms with Gasteiger partial charge >= 0.3 is 12.9 Å². The average molecular weight is 313 g/mol. The lowest BCUT2D eigenvalue weighted by Gasteiger charge is -1.99. The molecule has 0 saturated carbocycles. The van der Waals surface area contributed by atoms with Crippen LogP contribution < -0.4 is 0 Å². The topological polar surface area (TPSA) is 71.3 Å². The van der Waals surface area contributed by atoms with Crippen molar-refractivity contribution in [1.82, 2.24) is 0 Å². The van der Waals surface area contributed by atoms with E-state index < -0.39 is 12.2 Å².